The summed E-state index contributed by atoms with van der Waals surface area (Å²) in [5, 5.41) is 14.4. The highest BCUT2D eigenvalue weighted by molar-refractivity contribution is 5.90. The van der Waals surface area contributed by atoms with Crippen LogP contribution >= 0.6 is 0 Å². The van der Waals surface area contributed by atoms with Crippen molar-refractivity contribution in [2.45, 2.75) is 12.8 Å². The van der Waals surface area contributed by atoms with Gasteiger partial charge in [0.05, 0.1) is 5.92 Å². The number of benzene rings is 1. The third kappa shape index (κ3) is 3.66. The molecule has 4 atom stereocenters. The molecule has 0 spiro atoms. The van der Waals surface area contributed by atoms with E-state index in [0.717, 1.165) is 12.1 Å². The number of nitrogens with one attached hydrogen (secondary N) is 1. The summed E-state index contributed by atoms with van der Waals surface area (Å²) < 4.78 is 27.1. The number of halogens is 2. The number of carbonyl (C=O) groups excluding carboxylic acids is 2. The molecule has 2 amide bonds. The summed E-state index contributed by atoms with van der Waals surface area (Å²) in [5.41, 5.74) is 0.502. The second kappa shape index (κ2) is 7.42. The van der Waals surface area contributed by atoms with Gasteiger partial charge in [0.15, 0.2) is 17.8 Å². The maximum absolute atomic E-state index is 13.4. The molecule has 6 nitrogen and oxygen atoms in total. The Balaban J connectivity index is 1.28. The minimum absolute atomic E-state index is 0.0514. The van der Waals surface area contributed by atoms with Gasteiger partial charge in [0.2, 0.25) is 5.91 Å². The molecule has 152 valence electrons. The van der Waals surface area contributed by atoms with Crippen LogP contribution in [0.15, 0.2) is 42.6 Å². The van der Waals surface area contributed by atoms with E-state index in [4.69, 9.17) is 0 Å². The lowest BCUT2D eigenvalue weighted by Gasteiger charge is -2.24. The minimum Gasteiger partial charge on any atom is -0.618 e. The van der Waals surface area contributed by atoms with E-state index >= 15 is 0 Å². The molecule has 0 bridgehead atoms. The normalized spacial score (nSPS) is 23.4. The highest BCUT2D eigenvalue weighted by Gasteiger charge is 2.56. The van der Waals surface area contributed by atoms with Crippen molar-refractivity contribution in [3.8, 4) is 0 Å². The van der Waals surface area contributed by atoms with Crippen molar-refractivity contribution in [2.24, 2.45) is 17.8 Å². The highest BCUT2D eigenvalue weighted by Crippen LogP contribution is 2.51. The topological polar surface area (TPSA) is 76.4 Å². The SMILES string of the molecule is CC(C(=O)N1C[C@@H]2C(CNC(=O)c3cccc[n+]3[O-])[C@@H]2C1)c1ccc(F)c(F)c1. The molecule has 4 rings (SSSR count). The Kier molecular flexibility index (Phi) is 4.94. The molecule has 2 aromatic rings. The van der Waals surface area contributed by atoms with Crippen LogP contribution < -0.4 is 10.0 Å². The molecule has 2 heterocycles. The van der Waals surface area contributed by atoms with Gasteiger partial charge in [-0.2, -0.15) is 4.73 Å². The molecule has 8 heteroatoms. The Morgan fingerprint density at radius 1 is 1.21 bits per heavy atom. The van der Waals surface area contributed by atoms with E-state index in [1.807, 2.05) is 0 Å². The smallest absolute Gasteiger partial charge is 0.317 e. The molecule has 29 heavy (non-hydrogen) atoms. The zero-order valence-corrected chi connectivity index (χ0v) is 15.8. The fraction of sp³-hybridized carbons (Fsp3) is 0.381. The van der Waals surface area contributed by atoms with E-state index in [0.29, 0.717) is 41.8 Å². The van der Waals surface area contributed by atoms with E-state index in [1.165, 1.54) is 18.3 Å². The first-order chi connectivity index (χ1) is 13.9. The third-order valence-electron chi connectivity index (χ3n) is 6.05. The van der Waals surface area contributed by atoms with Crippen LogP contribution in [0.1, 0.15) is 28.9 Å². The largest absolute Gasteiger partial charge is 0.618 e. The summed E-state index contributed by atoms with van der Waals surface area (Å²) in [6.45, 7) is 3.33. The first-order valence-corrected chi connectivity index (χ1v) is 9.57. The molecule has 1 saturated carbocycles. The molecular weight excluding hydrogens is 380 g/mol. The van der Waals surface area contributed by atoms with Crippen LogP contribution in [0.25, 0.3) is 0 Å². The van der Waals surface area contributed by atoms with Crippen LogP contribution in [0, 0.1) is 34.6 Å². The van der Waals surface area contributed by atoms with Crippen molar-refractivity contribution in [1.82, 2.24) is 10.2 Å². The average Bonchev–Trinajstić information content (AvgIpc) is 3.16. The van der Waals surface area contributed by atoms with Gasteiger partial charge in [-0.3, -0.25) is 9.59 Å². The molecule has 2 aliphatic rings. The number of hydrogen-bond donors (Lipinski definition) is 1. The molecule has 1 saturated heterocycles. The Labute approximate surface area is 166 Å². The predicted molar refractivity (Wildman–Crippen MR) is 99.6 cm³/mol. The van der Waals surface area contributed by atoms with Gasteiger partial charge in [-0.15, -0.1) is 0 Å². The van der Waals surface area contributed by atoms with Gasteiger partial charge >= 0.3 is 5.91 Å². The lowest BCUT2D eigenvalue weighted by molar-refractivity contribution is -0.607. The molecule has 1 N–H and O–H groups in total. The van der Waals surface area contributed by atoms with Gasteiger partial charge in [-0.1, -0.05) is 6.07 Å². The van der Waals surface area contributed by atoms with Crippen molar-refractivity contribution in [2.75, 3.05) is 19.6 Å². The van der Waals surface area contributed by atoms with Gasteiger partial charge in [0.25, 0.3) is 5.69 Å². The average molecular weight is 401 g/mol. The number of aromatic nitrogens is 1. The standard InChI is InChI=1S/C21H21F2N3O3/c1-12(13-5-6-17(22)18(23)8-13)21(28)25-10-15-14(16(15)11-25)9-24-20(27)19-4-2-3-7-26(19)29/h2-8,12,14-16H,9-11H2,1H3,(H,24,27)/t12?,14?,15-,16+. The van der Waals surface area contributed by atoms with Crippen molar-refractivity contribution < 1.29 is 23.1 Å². The van der Waals surface area contributed by atoms with Crippen LogP contribution in [-0.4, -0.2) is 36.3 Å². The number of piperidine rings is 1. The first-order valence-electron chi connectivity index (χ1n) is 9.57. The van der Waals surface area contributed by atoms with E-state index in [2.05, 4.69) is 5.32 Å². The number of pyridine rings is 1. The second-order valence-electron chi connectivity index (χ2n) is 7.75. The van der Waals surface area contributed by atoms with Gasteiger partial charge in [-0.25, -0.2) is 8.78 Å². The molecule has 1 aliphatic carbocycles. The van der Waals surface area contributed by atoms with Crippen molar-refractivity contribution in [3.05, 3.63) is 70.7 Å². The summed E-state index contributed by atoms with van der Waals surface area (Å²) in [6.07, 6.45) is 1.28. The lowest BCUT2D eigenvalue weighted by atomic mass is 9.99. The highest BCUT2D eigenvalue weighted by atomic mass is 19.2. The summed E-state index contributed by atoms with van der Waals surface area (Å²) in [4.78, 5) is 26.6. The first kappa shape index (κ1) is 19.3. The Bertz CT molecular complexity index is 956. The summed E-state index contributed by atoms with van der Waals surface area (Å²) >= 11 is 0. The minimum atomic E-state index is -0.958. The van der Waals surface area contributed by atoms with Gasteiger partial charge < -0.3 is 15.4 Å². The van der Waals surface area contributed by atoms with Gasteiger partial charge in [-0.05, 0) is 48.4 Å². The maximum Gasteiger partial charge on any atom is 0.317 e. The third-order valence-corrected chi connectivity index (χ3v) is 6.05. The molecule has 1 aromatic heterocycles. The van der Waals surface area contributed by atoms with E-state index < -0.39 is 23.5 Å². The van der Waals surface area contributed by atoms with Crippen molar-refractivity contribution >= 4 is 11.8 Å². The number of carbonyl (C=O) groups is 2. The molecular formula is C21H21F2N3O3. The quantitative estimate of drug-likeness (QED) is 0.614. The summed E-state index contributed by atoms with van der Waals surface area (Å²) in [6, 6.07) is 8.19. The van der Waals surface area contributed by atoms with E-state index in [-0.39, 0.29) is 17.5 Å². The zero-order valence-electron chi connectivity index (χ0n) is 15.8. The Morgan fingerprint density at radius 3 is 2.59 bits per heavy atom. The maximum atomic E-state index is 13.4. The van der Waals surface area contributed by atoms with E-state index in [9.17, 15) is 23.6 Å². The number of rotatable bonds is 5. The Morgan fingerprint density at radius 2 is 1.93 bits per heavy atom. The fourth-order valence-corrected chi connectivity index (χ4v) is 4.24. The summed E-state index contributed by atoms with van der Waals surface area (Å²) in [5.74, 6) is -2.05. The fourth-order valence-electron chi connectivity index (χ4n) is 4.24. The van der Waals surface area contributed by atoms with Crippen LogP contribution in [-0.2, 0) is 4.79 Å². The number of likely N-dealkylation sites (tertiary alicyclic amines) is 1. The number of nitrogens with zero attached hydrogens (tertiary/aromatic N) is 2. The number of amides is 2. The second-order valence-corrected chi connectivity index (χ2v) is 7.75. The molecule has 1 aromatic carbocycles. The van der Waals surface area contributed by atoms with Crippen molar-refractivity contribution in [1.29, 1.82) is 0 Å². The van der Waals surface area contributed by atoms with Crippen LogP contribution in [0.2, 0.25) is 0 Å². The van der Waals surface area contributed by atoms with Gasteiger partial charge in [0.1, 0.15) is 0 Å². The molecule has 2 unspecified atom stereocenters. The van der Waals surface area contributed by atoms with Crippen LogP contribution in [0.3, 0.4) is 0 Å². The van der Waals surface area contributed by atoms with Gasteiger partial charge in [0, 0.05) is 31.8 Å². The monoisotopic (exact) mass is 401 g/mol. The van der Waals surface area contributed by atoms with E-state index in [1.54, 1.807) is 24.0 Å². The van der Waals surface area contributed by atoms with Crippen molar-refractivity contribution in [3.63, 3.8) is 0 Å². The molecule has 1 aliphatic heterocycles. The Hall–Kier alpha value is -3.03. The summed E-state index contributed by atoms with van der Waals surface area (Å²) in [7, 11) is 0. The lowest BCUT2D eigenvalue weighted by Crippen LogP contribution is -2.40. The molecule has 2 fully saturated rings. The predicted octanol–water partition coefficient (Wildman–Crippen LogP) is 1.84. The molecule has 0 radical (unpaired) electrons. The number of fused-ring (bicyclic) bond motifs is 1. The van der Waals surface area contributed by atoms with Crippen LogP contribution in [0.5, 0.6) is 0 Å². The number of hydrogen-bond acceptors (Lipinski definition) is 3. The zero-order chi connectivity index (χ0) is 20.7. The van der Waals surface area contributed by atoms with Crippen LogP contribution in [0.4, 0.5) is 8.78 Å².